The number of rotatable bonds is 6. The summed E-state index contributed by atoms with van der Waals surface area (Å²) >= 11 is 0. The van der Waals surface area contributed by atoms with Crippen LogP contribution in [-0.4, -0.2) is 27.7 Å². The van der Waals surface area contributed by atoms with Crippen molar-refractivity contribution in [1.29, 1.82) is 0 Å². The quantitative estimate of drug-likeness (QED) is 0.411. The van der Waals surface area contributed by atoms with Crippen molar-refractivity contribution >= 4 is 28.5 Å². The number of carboxylic acid groups (broad SMARTS) is 1. The first-order valence-electron chi connectivity index (χ1n) is 11.8. The van der Waals surface area contributed by atoms with Gasteiger partial charge in [0.25, 0.3) is 5.56 Å². The average Bonchev–Trinajstić information content (AvgIpc) is 3.29. The van der Waals surface area contributed by atoms with Crippen LogP contribution < -0.4 is 20.5 Å². The van der Waals surface area contributed by atoms with Gasteiger partial charge in [-0.3, -0.25) is 9.36 Å². The third-order valence-electron chi connectivity index (χ3n) is 6.75. The van der Waals surface area contributed by atoms with Gasteiger partial charge in [-0.2, -0.15) is 0 Å². The molecule has 8 heteroatoms. The Morgan fingerprint density at radius 1 is 1.11 bits per heavy atom. The van der Waals surface area contributed by atoms with Crippen LogP contribution in [0.1, 0.15) is 45.6 Å². The van der Waals surface area contributed by atoms with Gasteiger partial charge in [0.15, 0.2) is 0 Å². The van der Waals surface area contributed by atoms with Crippen LogP contribution in [-0.2, 0) is 20.1 Å². The monoisotopic (exact) mass is 484 g/mol. The van der Waals surface area contributed by atoms with Crippen LogP contribution in [0.25, 0.3) is 10.9 Å². The van der Waals surface area contributed by atoms with Crippen LogP contribution in [0.2, 0.25) is 0 Å². The van der Waals surface area contributed by atoms with Crippen molar-refractivity contribution in [3.05, 3.63) is 92.8 Å². The number of carboxylic acids is 1. The second-order valence-corrected chi connectivity index (χ2v) is 9.21. The lowest BCUT2D eigenvalue weighted by Crippen LogP contribution is -2.28. The SMILES string of the molecule is COc1cccc(NC(C)c2cc(C)cc3c(=O)n(C)c(N4Cc5ccccc5C4)nc23)c1C(=O)O. The van der Waals surface area contributed by atoms with Crippen LogP contribution in [0.5, 0.6) is 5.75 Å². The number of nitrogens with one attached hydrogen (secondary N) is 1. The maximum atomic E-state index is 13.5. The third kappa shape index (κ3) is 3.94. The van der Waals surface area contributed by atoms with Crippen molar-refractivity contribution in [3.8, 4) is 5.75 Å². The summed E-state index contributed by atoms with van der Waals surface area (Å²) in [6.07, 6.45) is 0. The maximum Gasteiger partial charge on any atom is 0.341 e. The molecule has 0 spiro atoms. The van der Waals surface area contributed by atoms with E-state index in [0.29, 0.717) is 35.6 Å². The Balaban J connectivity index is 1.60. The van der Waals surface area contributed by atoms with Crippen molar-refractivity contribution in [2.45, 2.75) is 33.0 Å². The largest absolute Gasteiger partial charge is 0.496 e. The number of aromatic carboxylic acids is 1. The van der Waals surface area contributed by atoms with Gasteiger partial charge in [0.1, 0.15) is 11.3 Å². The fourth-order valence-electron chi connectivity index (χ4n) is 4.98. The van der Waals surface area contributed by atoms with Crippen LogP contribution in [0, 0.1) is 6.92 Å². The maximum absolute atomic E-state index is 13.5. The molecule has 0 amide bonds. The van der Waals surface area contributed by atoms with E-state index in [1.165, 1.54) is 18.2 Å². The Bertz CT molecular complexity index is 1530. The topological polar surface area (TPSA) is 96.7 Å². The number of fused-ring (bicyclic) bond motifs is 2. The Kier molecular flexibility index (Phi) is 5.88. The zero-order valence-electron chi connectivity index (χ0n) is 20.7. The number of carbonyl (C=O) groups is 1. The van der Waals surface area contributed by atoms with Crippen LogP contribution in [0.3, 0.4) is 0 Å². The van der Waals surface area contributed by atoms with Gasteiger partial charge in [0.05, 0.1) is 29.7 Å². The highest BCUT2D eigenvalue weighted by Gasteiger charge is 2.25. The smallest absolute Gasteiger partial charge is 0.341 e. The standard InChI is InChI=1S/C28H28N4O4/c1-16-12-20(17(2)29-22-10-7-11-23(36-4)24(22)27(34)35)25-21(13-16)26(33)31(3)28(30-25)32-14-18-8-5-6-9-19(18)15-32/h5-13,17,29H,14-15H2,1-4H3,(H,34,35). The highest BCUT2D eigenvalue weighted by Crippen LogP contribution is 2.33. The second-order valence-electron chi connectivity index (χ2n) is 9.21. The lowest BCUT2D eigenvalue weighted by Gasteiger charge is -2.23. The summed E-state index contributed by atoms with van der Waals surface area (Å²) in [5.74, 6) is -0.204. The summed E-state index contributed by atoms with van der Waals surface area (Å²) in [6, 6.07) is 16.8. The first kappa shape index (κ1) is 23.4. The molecule has 0 bridgehead atoms. The minimum atomic E-state index is -1.08. The Labute approximate surface area is 208 Å². The molecule has 1 unspecified atom stereocenters. The summed E-state index contributed by atoms with van der Waals surface area (Å²) < 4.78 is 6.88. The molecule has 8 nitrogen and oxygen atoms in total. The molecule has 1 aliphatic heterocycles. The molecule has 0 fully saturated rings. The fourth-order valence-corrected chi connectivity index (χ4v) is 4.98. The molecule has 5 rings (SSSR count). The Morgan fingerprint density at radius 2 is 1.81 bits per heavy atom. The normalized spacial score (nSPS) is 13.5. The van der Waals surface area contributed by atoms with E-state index < -0.39 is 5.97 Å². The molecule has 0 aliphatic carbocycles. The highest BCUT2D eigenvalue weighted by molar-refractivity contribution is 5.97. The number of hydrogen-bond donors (Lipinski definition) is 2. The van der Waals surface area contributed by atoms with Crippen molar-refractivity contribution in [2.24, 2.45) is 7.05 Å². The minimum Gasteiger partial charge on any atom is -0.496 e. The molecule has 0 saturated carbocycles. The number of aromatic nitrogens is 2. The lowest BCUT2D eigenvalue weighted by molar-refractivity contribution is 0.0694. The zero-order valence-corrected chi connectivity index (χ0v) is 20.7. The van der Waals surface area contributed by atoms with E-state index >= 15 is 0 Å². The summed E-state index contributed by atoms with van der Waals surface area (Å²) in [4.78, 5) is 32.6. The second kappa shape index (κ2) is 9.03. The highest BCUT2D eigenvalue weighted by atomic mass is 16.5. The van der Waals surface area contributed by atoms with E-state index in [4.69, 9.17) is 9.72 Å². The molecule has 1 atom stereocenters. The first-order chi connectivity index (χ1) is 17.3. The van der Waals surface area contributed by atoms with E-state index in [1.54, 1.807) is 29.8 Å². The number of anilines is 2. The van der Waals surface area contributed by atoms with E-state index in [-0.39, 0.29) is 22.9 Å². The molecule has 36 heavy (non-hydrogen) atoms. The number of benzene rings is 3. The summed E-state index contributed by atoms with van der Waals surface area (Å²) in [6.45, 7) is 5.24. The third-order valence-corrected chi connectivity index (χ3v) is 6.75. The number of hydrogen-bond acceptors (Lipinski definition) is 6. The summed E-state index contributed by atoms with van der Waals surface area (Å²) in [5.41, 5.74) is 5.18. The molecule has 4 aromatic rings. The molecular formula is C28H28N4O4. The fraction of sp³-hybridized carbons (Fsp3) is 0.250. The molecule has 2 heterocycles. The van der Waals surface area contributed by atoms with Gasteiger partial charge in [0, 0.05) is 25.7 Å². The molecule has 0 radical (unpaired) electrons. The van der Waals surface area contributed by atoms with Gasteiger partial charge in [-0.15, -0.1) is 0 Å². The van der Waals surface area contributed by atoms with Gasteiger partial charge >= 0.3 is 5.97 Å². The molecule has 1 aliphatic rings. The number of ether oxygens (including phenoxy) is 1. The van der Waals surface area contributed by atoms with E-state index in [0.717, 1.165) is 11.1 Å². The molecule has 1 aromatic heterocycles. The summed E-state index contributed by atoms with van der Waals surface area (Å²) in [5, 5.41) is 13.6. The van der Waals surface area contributed by atoms with Crippen molar-refractivity contribution in [2.75, 3.05) is 17.3 Å². The van der Waals surface area contributed by atoms with Gasteiger partial charge < -0.3 is 20.1 Å². The number of nitrogens with zero attached hydrogens (tertiary/aromatic N) is 3. The number of methoxy groups -OCH3 is 1. The van der Waals surface area contributed by atoms with Crippen LogP contribution in [0.15, 0.2) is 59.4 Å². The van der Waals surface area contributed by atoms with E-state index in [1.807, 2.05) is 38.1 Å². The summed E-state index contributed by atoms with van der Waals surface area (Å²) in [7, 11) is 3.20. The van der Waals surface area contributed by atoms with E-state index in [2.05, 4.69) is 22.3 Å². The van der Waals surface area contributed by atoms with Gasteiger partial charge in [-0.1, -0.05) is 36.4 Å². The first-order valence-corrected chi connectivity index (χ1v) is 11.8. The van der Waals surface area contributed by atoms with Crippen molar-refractivity contribution < 1.29 is 14.6 Å². The molecule has 2 N–H and O–H groups in total. The zero-order chi connectivity index (χ0) is 25.6. The predicted molar refractivity (Wildman–Crippen MR) is 140 cm³/mol. The molecule has 184 valence electrons. The molecular weight excluding hydrogens is 456 g/mol. The van der Waals surface area contributed by atoms with Crippen LogP contribution in [0.4, 0.5) is 11.6 Å². The number of aryl methyl sites for hydroxylation is 1. The lowest BCUT2D eigenvalue weighted by atomic mass is 10.0. The van der Waals surface area contributed by atoms with E-state index in [9.17, 15) is 14.7 Å². The van der Waals surface area contributed by atoms with Gasteiger partial charge in [-0.05, 0) is 48.7 Å². The van der Waals surface area contributed by atoms with Crippen molar-refractivity contribution in [3.63, 3.8) is 0 Å². The molecule has 0 saturated heterocycles. The average molecular weight is 485 g/mol. The van der Waals surface area contributed by atoms with Crippen LogP contribution >= 0.6 is 0 Å². The Hall–Kier alpha value is -4.33. The van der Waals surface area contributed by atoms with Gasteiger partial charge in [0.2, 0.25) is 5.95 Å². The van der Waals surface area contributed by atoms with Gasteiger partial charge in [-0.25, -0.2) is 9.78 Å². The Morgan fingerprint density at radius 3 is 2.44 bits per heavy atom. The molecule has 3 aromatic carbocycles. The minimum absolute atomic E-state index is 0.0585. The predicted octanol–water partition coefficient (Wildman–Crippen LogP) is 4.64. The van der Waals surface area contributed by atoms with Crippen molar-refractivity contribution in [1.82, 2.24) is 9.55 Å².